The van der Waals surface area contributed by atoms with Crippen molar-refractivity contribution in [2.45, 2.75) is 38.9 Å². The number of hydrogen-bond acceptors (Lipinski definition) is 3. The smallest absolute Gasteiger partial charge is 0.0762 e. The molecule has 0 bridgehead atoms. The van der Waals surface area contributed by atoms with Gasteiger partial charge in [-0.05, 0) is 6.16 Å². The minimum atomic E-state index is -2.33. The van der Waals surface area contributed by atoms with Crippen LogP contribution in [0.4, 0.5) is 4.79 Å². The summed E-state index contributed by atoms with van der Waals surface area (Å²) >= 11 is 0. The lowest BCUT2D eigenvalue weighted by Crippen LogP contribution is -2.37. The third-order valence-electron chi connectivity index (χ3n) is 2.55. The highest BCUT2D eigenvalue weighted by Gasteiger charge is 2.21. The quantitative estimate of drug-likeness (QED) is 0.633. The van der Waals surface area contributed by atoms with Gasteiger partial charge in [0, 0.05) is 0 Å². The Bertz CT molecular complexity index is 141. The van der Waals surface area contributed by atoms with E-state index < -0.39 is 14.2 Å². The first-order valence-electron chi connectivity index (χ1n) is 4.49. The minimum Gasteiger partial charge on any atom is -0.652 e. The molecule has 0 aromatic carbocycles. The second-order valence-electron chi connectivity index (χ2n) is 2.88. The normalized spacial score (nSPS) is 9.77. The average Bonchev–Trinajstić information content (AvgIpc) is 2.09. The van der Waals surface area contributed by atoms with E-state index in [-0.39, 0.29) is 0 Å². The summed E-state index contributed by atoms with van der Waals surface area (Å²) in [7, 11) is -0.927. The van der Waals surface area contributed by atoms with Gasteiger partial charge in [-0.25, -0.2) is 0 Å². The van der Waals surface area contributed by atoms with Gasteiger partial charge in [0.05, 0.1) is 8.07 Å². The highest BCUT2D eigenvalue weighted by Crippen LogP contribution is 2.20. The maximum absolute atomic E-state index is 8.33. The molecule has 0 N–H and O–H groups in total. The number of carbonyl (C=O) groups excluding carboxylic acids is 1. The third kappa shape index (κ3) is 7.58. The van der Waals surface area contributed by atoms with Crippen molar-refractivity contribution in [3.63, 3.8) is 0 Å². The SMILES string of the molecule is C=C[Si](CC)(CC)CC.O=C([O-])[O-]. The first kappa shape index (κ1) is 14.7. The van der Waals surface area contributed by atoms with Gasteiger partial charge in [-0.3, -0.25) is 0 Å². The molecule has 13 heavy (non-hydrogen) atoms. The molecule has 0 atom stereocenters. The summed E-state index contributed by atoms with van der Waals surface area (Å²) in [4.78, 5) is 8.33. The third-order valence-corrected chi connectivity index (χ3v) is 7.64. The lowest BCUT2D eigenvalue weighted by molar-refractivity contribution is -0.415. The second-order valence-corrected chi connectivity index (χ2v) is 8.13. The molecule has 0 heterocycles. The van der Waals surface area contributed by atoms with Crippen LogP contribution in [0.3, 0.4) is 0 Å². The highest BCUT2D eigenvalue weighted by atomic mass is 28.3. The van der Waals surface area contributed by atoms with Gasteiger partial charge in [0.1, 0.15) is 0 Å². The van der Waals surface area contributed by atoms with Crippen LogP contribution in [0, 0.1) is 0 Å². The molecule has 0 spiro atoms. The van der Waals surface area contributed by atoms with Crippen molar-refractivity contribution in [3.8, 4) is 0 Å². The van der Waals surface area contributed by atoms with Crippen LogP contribution in [-0.2, 0) is 0 Å². The van der Waals surface area contributed by atoms with E-state index >= 15 is 0 Å². The van der Waals surface area contributed by atoms with Gasteiger partial charge in [0.2, 0.25) is 0 Å². The van der Waals surface area contributed by atoms with Crippen LogP contribution < -0.4 is 10.2 Å². The van der Waals surface area contributed by atoms with Gasteiger partial charge in [-0.1, -0.05) is 38.9 Å². The summed E-state index contributed by atoms with van der Waals surface area (Å²) in [6.07, 6.45) is -2.33. The van der Waals surface area contributed by atoms with Crippen molar-refractivity contribution >= 4 is 14.2 Å². The number of carbonyl (C=O) groups is 1. The van der Waals surface area contributed by atoms with E-state index in [0.29, 0.717) is 0 Å². The molecule has 0 aliphatic heterocycles. The molecule has 78 valence electrons. The van der Waals surface area contributed by atoms with E-state index in [1.807, 2.05) is 0 Å². The Morgan fingerprint density at radius 3 is 1.46 bits per heavy atom. The fourth-order valence-electron chi connectivity index (χ4n) is 1.18. The van der Waals surface area contributed by atoms with E-state index in [1.54, 1.807) is 0 Å². The molecule has 0 saturated carbocycles. The molecule has 0 saturated heterocycles. The summed E-state index contributed by atoms with van der Waals surface area (Å²) in [6.45, 7) is 10.8. The summed E-state index contributed by atoms with van der Waals surface area (Å²) in [5.41, 5.74) is 2.24. The van der Waals surface area contributed by atoms with Crippen molar-refractivity contribution in [1.29, 1.82) is 0 Å². The lowest BCUT2D eigenvalue weighted by atomic mass is 10.9. The topological polar surface area (TPSA) is 63.2 Å². The molecule has 0 aliphatic rings. The fraction of sp³-hybridized carbons (Fsp3) is 0.667. The fourth-order valence-corrected chi connectivity index (χ4v) is 3.55. The van der Waals surface area contributed by atoms with Gasteiger partial charge >= 0.3 is 0 Å². The largest absolute Gasteiger partial charge is 0.652 e. The van der Waals surface area contributed by atoms with Crippen molar-refractivity contribution < 1.29 is 15.0 Å². The predicted molar refractivity (Wildman–Crippen MR) is 52.8 cm³/mol. The zero-order valence-corrected chi connectivity index (χ0v) is 9.63. The van der Waals surface area contributed by atoms with Crippen LogP contribution in [0.5, 0.6) is 0 Å². The second kappa shape index (κ2) is 7.85. The molecule has 4 heteroatoms. The Hall–Kier alpha value is -0.773. The van der Waals surface area contributed by atoms with E-state index in [0.717, 1.165) is 0 Å². The number of hydrogen-bond donors (Lipinski definition) is 0. The lowest BCUT2D eigenvalue weighted by Gasteiger charge is -2.22. The minimum absolute atomic E-state index is 0.927. The van der Waals surface area contributed by atoms with E-state index in [9.17, 15) is 0 Å². The first-order valence-corrected chi connectivity index (χ1v) is 7.19. The van der Waals surface area contributed by atoms with Crippen LogP contribution in [0.1, 0.15) is 20.8 Å². The summed E-state index contributed by atoms with van der Waals surface area (Å²) in [6, 6.07) is 4.09. The molecular formula is C9H18O3Si-2. The summed E-state index contributed by atoms with van der Waals surface area (Å²) < 4.78 is 0. The first-order chi connectivity index (χ1) is 5.97. The molecule has 0 radical (unpaired) electrons. The van der Waals surface area contributed by atoms with Crippen molar-refractivity contribution in [3.05, 3.63) is 12.3 Å². The van der Waals surface area contributed by atoms with Crippen LogP contribution in [-0.4, -0.2) is 14.2 Å². The highest BCUT2D eigenvalue weighted by molar-refractivity contribution is 6.84. The Morgan fingerprint density at radius 2 is 1.46 bits per heavy atom. The zero-order chi connectivity index (χ0) is 10.9. The Labute approximate surface area is 81.1 Å². The molecular weight excluding hydrogens is 184 g/mol. The van der Waals surface area contributed by atoms with Crippen molar-refractivity contribution in [2.75, 3.05) is 0 Å². The molecule has 0 unspecified atom stereocenters. The van der Waals surface area contributed by atoms with E-state index in [2.05, 4.69) is 33.0 Å². The van der Waals surface area contributed by atoms with Gasteiger partial charge in [0.15, 0.2) is 0 Å². The van der Waals surface area contributed by atoms with Crippen LogP contribution >= 0.6 is 0 Å². The molecule has 0 aromatic heterocycles. The van der Waals surface area contributed by atoms with Gasteiger partial charge in [0.25, 0.3) is 0 Å². The standard InChI is InChI=1S/C8H18Si.CH2O3/c1-5-9(6-2,7-3)8-4;2-1(3)4/h5H,1,6-8H2,2-4H3;(H2,2,3,4)/p-2. The molecule has 3 nitrogen and oxygen atoms in total. The van der Waals surface area contributed by atoms with Crippen LogP contribution in [0.25, 0.3) is 0 Å². The Kier molecular flexibility index (Phi) is 8.90. The maximum atomic E-state index is 8.33. The van der Waals surface area contributed by atoms with Gasteiger partial charge in [-0.2, -0.15) is 0 Å². The Morgan fingerprint density at radius 1 is 1.23 bits per heavy atom. The molecule has 0 rings (SSSR count). The van der Waals surface area contributed by atoms with Crippen molar-refractivity contribution in [1.82, 2.24) is 0 Å². The van der Waals surface area contributed by atoms with Crippen LogP contribution in [0.15, 0.2) is 12.3 Å². The summed E-state index contributed by atoms with van der Waals surface area (Å²) in [5, 5.41) is 16.7. The molecule has 0 fully saturated rings. The monoisotopic (exact) mass is 202 g/mol. The number of rotatable bonds is 4. The van der Waals surface area contributed by atoms with Crippen molar-refractivity contribution in [2.24, 2.45) is 0 Å². The summed E-state index contributed by atoms with van der Waals surface area (Å²) in [5.74, 6) is 0. The molecule has 0 amide bonds. The maximum Gasteiger partial charge on any atom is 0.0762 e. The van der Waals surface area contributed by atoms with E-state index in [1.165, 1.54) is 18.1 Å². The molecule has 0 aliphatic carbocycles. The molecule has 0 aromatic rings. The van der Waals surface area contributed by atoms with E-state index in [4.69, 9.17) is 15.0 Å². The number of carboxylic acid groups (broad SMARTS) is 2. The van der Waals surface area contributed by atoms with Gasteiger partial charge in [-0.15, -0.1) is 12.3 Å². The Balaban J connectivity index is 0. The van der Waals surface area contributed by atoms with Crippen LogP contribution in [0.2, 0.25) is 18.1 Å². The van der Waals surface area contributed by atoms with Gasteiger partial charge < -0.3 is 15.0 Å². The zero-order valence-electron chi connectivity index (χ0n) is 8.63. The average molecular weight is 202 g/mol. The predicted octanol–water partition coefficient (Wildman–Crippen LogP) is 0.773.